The third-order valence-electron chi connectivity index (χ3n) is 6.84. The molecule has 0 radical (unpaired) electrons. The Hall–Kier alpha value is -3.07. The second-order valence-corrected chi connectivity index (χ2v) is 11.5. The van der Waals surface area contributed by atoms with Crippen LogP contribution in [-0.2, 0) is 26.2 Å². The first-order chi connectivity index (χ1) is 17.0. The molecule has 0 saturated heterocycles. The predicted octanol–water partition coefficient (Wildman–Crippen LogP) is 3.55. The highest BCUT2D eigenvalue weighted by molar-refractivity contribution is 7.92. The van der Waals surface area contributed by atoms with Crippen LogP contribution in [0, 0.1) is 13.8 Å². The molecule has 196 valence electrons. The van der Waals surface area contributed by atoms with Gasteiger partial charge in [0.05, 0.1) is 19.1 Å². The minimum Gasteiger partial charge on any atom is -0.497 e. The fourth-order valence-corrected chi connectivity index (χ4v) is 5.24. The van der Waals surface area contributed by atoms with Crippen LogP contribution < -0.4 is 14.4 Å². The Morgan fingerprint density at radius 3 is 2.25 bits per heavy atom. The molecule has 0 bridgehead atoms. The van der Waals surface area contributed by atoms with E-state index in [9.17, 15) is 18.0 Å². The van der Waals surface area contributed by atoms with E-state index in [0.29, 0.717) is 11.4 Å². The van der Waals surface area contributed by atoms with Gasteiger partial charge in [0, 0.05) is 12.6 Å². The van der Waals surface area contributed by atoms with Crippen LogP contribution in [0.4, 0.5) is 5.69 Å². The molecule has 36 heavy (non-hydrogen) atoms. The molecule has 2 aromatic carbocycles. The number of carbonyl (C=O) groups excluding carboxylic acids is 2. The van der Waals surface area contributed by atoms with Crippen molar-refractivity contribution >= 4 is 27.5 Å². The Kier molecular flexibility index (Phi) is 9.00. The van der Waals surface area contributed by atoms with E-state index in [2.05, 4.69) is 5.32 Å². The van der Waals surface area contributed by atoms with E-state index in [-0.39, 0.29) is 18.5 Å². The molecule has 9 heteroatoms. The number of methoxy groups -OCH3 is 1. The first-order valence-corrected chi connectivity index (χ1v) is 14.1. The zero-order valence-corrected chi connectivity index (χ0v) is 22.6. The highest BCUT2D eigenvalue weighted by Gasteiger charge is 2.31. The number of hydrogen-bond donors (Lipinski definition) is 1. The zero-order valence-electron chi connectivity index (χ0n) is 21.8. The maximum absolute atomic E-state index is 13.7. The molecule has 1 aliphatic rings. The standard InChI is InChI=1S/C27H37N3O5S/c1-19-10-13-24(16-20(19)2)30(36(5,33)34)18-26(31)29(17-22-11-14-25(35-4)15-12-22)21(3)27(32)28-23-8-6-7-9-23/h10-16,21,23H,6-9,17-18H2,1-5H3,(H,28,32)/t21-/m0/s1. The maximum Gasteiger partial charge on any atom is 0.244 e. The number of anilines is 1. The van der Waals surface area contributed by atoms with E-state index >= 15 is 0 Å². The molecule has 0 aliphatic heterocycles. The first-order valence-electron chi connectivity index (χ1n) is 12.3. The molecule has 8 nitrogen and oxygen atoms in total. The van der Waals surface area contributed by atoms with Crippen molar-refractivity contribution in [1.29, 1.82) is 0 Å². The Labute approximate surface area is 214 Å². The Morgan fingerprint density at radius 2 is 1.69 bits per heavy atom. The first kappa shape index (κ1) is 27.5. The summed E-state index contributed by atoms with van der Waals surface area (Å²) in [4.78, 5) is 28.2. The number of sulfonamides is 1. The van der Waals surface area contributed by atoms with Crippen LogP contribution >= 0.6 is 0 Å². The lowest BCUT2D eigenvalue weighted by atomic mass is 10.1. The lowest BCUT2D eigenvalue weighted by molar-refractivity contribution is -0.139. The number of amides is 2. The minimum atomic E-state index is -3.75. The second kappa shape index (κ2) is 11.8. The average molecular weight is 516 g/mol. The zero-order chi connectivity index (χ0) is 26.5. The molecule has 0 spiro atoms. The van der Waals surface area contributed by atoms with Crippen LogP contribution in [0.3, 0.4) is 0 Å². The summed E-state index contributed by atoms with van der Waals surface area (Å²) in [6.07, 6.45) is 5.10. The summed E-state index contributed by atoms with van der Waals surface area (Å²) in [5.74, 6) is -0.00830. The number of aryl methyl sites for hydroxylation is 2. The summed E-state index contributed by atoms with van der Waals surface area (Å²) in [6, 6.07) is 11.9. The summed E-state index contributed by atoms with van der Waals surface area (Å²) in [7, 11) is -2.18. The van der Waals surface area contributed by atoms with E-state index in [1.54, 1.807) is 38.3 Å². The highest BCUT2D eigenvalue weighted by Crippen LogP contribution is 2.23. The van der Waals surface area contributed by atoms with Crippen LogP contribution in [0.25, 0.3) is 0 Å². The topological polar surface area (TPSA) is 96.0 Å². The summed E-state index contributed by atoms with van der Waals surface area (Å²) < 4.78 is 31.7. The van der Waals surface area contributed by atoms with Crippen molar-refractivity contribution in [3.05, 3.63) is 59.2 Å². The fraction of sp³-hybridized carbons (Fsp3) is 0.481. The molecule has 1 fully saturated rings. The number of benzene rings is 2. The summed E-state index contributed by atoms with van der Waals surface area (Å²) in [5, 5.41) is 3.06. The van der Waals surface area contributed by atoms with Crippen molar-refractivity contribution in [2.24, 2.45) is 0 Å². The quantitative estimate of drug-likeness (QED) is 0.522. The molecule has 2 amide bonds. The molecular weight excluding hydrogens is 478 g/mol. The van der Waals surface area contributed by atoms with Crippen molar-refractivity contribution in [2.45, 2.75) is 65.1 Å². The van der Waals surface area contributed by atoms with Crippen molar-refractivity contribution in [3.63, 3.8) is 0 Å². The molecular formula is C27H37N3O5S. The predicted molar refractivity (Wildman–Crippen MR) is 142 cm³/mol. The van der Waals surface area contributed by atoms with Gasteiger partial charge in [-0.2, -0.15) is 0 Å². The smallest absolute Gasteiger partial charge is 0.244 e. The molecule has 3 rings (SSSR count). The van der Waals surface area contributed by atoms with E-state index in [0.717, 1.165) is 52.9 Å². The van der Waals surface area contributed by atoms with Crippen molar-refractivity contribution < 1.29 is 22.7 Å². The van der Waals surface area contributed by atoms with E-state index in [4.69, 9.17) is 4.74 Å². The summed E-state index contributed by atoms with van der Waals surface area (Å²) >= 11 is 0. The molecule has 0 aromatic heterocycles. The number of carbonyl (C=O) groups is 2. The number of ether oxygens (including phenoxy) is 1. The van der Waals surface area contributed by atoms with Gasteiger partial charge in [0.2, 0.25) is 21.8 Å². The SMILES string of the molecule is COc1ccc(CN(C(=O)CN(c2ccc(C)c(C)c2)S(C)(=O)=O)[C@@H](C)C(=O)NC2CCCC2)cc1. The van der Waals surface area contributed by atoms with Gasteiger partial charge in [0.15, 0.2) is 0 Å². The van der Waals surface area contributed by atoms with Gasteiger partial charge in [0.25, 0.3) is 0 Å². The fourth-order valence-electron chi connectivity index (χ4n) is 4.40. The molecule has 1 aliphatic carbocycles. The van der Waals surface area contributed by atoms with Gasteiger partial charge in [-0.05, 0) is 74.6 Å². The molecule has 2 aromatic rings. The van der Waals surface area contributed by atoms with E-state index in [1.165, 1.54) is 4.90 Å². The Balaban J connectivity index is 1.88. The summed E-state index contributed by atoms with van der Waals surface area (Å²) in [5.41, 5.74) is 3.17. The molecule has 1 N–H and O–H groups in total. The lowest BCUT2D eigenvalue weighted by Crippen LogP contribution is -2.52. The third kappa shape index (κ3) is 7.00. The van der Waals surface area contributed by atoms with Crippen LogP contribution in [-0.4, -0.2) is 57.1 Å². The van der Waals surface area contributed by atoms with Crippen molar-refractivity contribution in [2.75, 3.05) is 24.2 Å². The summed E-state index contributed by atoms with van der Waals surface area (Å²) in [6.45, 7) is 5.28. The number of nitrogens with one attached hydrogen (secondary N) is 1. The molecule has 0 heterocycles. The van der Waals surface area contributed by atoms with E-state index < -0.39 is 28.5 Å². The van der Waals surface area contributed by atoms with Crippen LogP contribution in [0.1, 0.15) is 49.3 Å². The Morgan fingerprint density at radius 1 is 1.06 bits per heavy atom. The van der Waals surface area contributed by atoms with Gasteiger partial charge < -0.3 is 15.0 Å². The molecule has 1 saturated carbocycles. The van der Waals surface area contributed by atoms with Gasteiger partial charge in [0.1, 0.15) is 18.3 Å². The number of rotatable bonds is 10. The van der Waals surface area contributed by atoms with Gasteiger partial charge >= 0.3 is 0 Å². The van der Waals surface area contributed by atoms with E-state index in [1.807, 2.05) is 32.0 Å². The van der Waals surface area contributed by atoms with Crippen LogP contribution in [0.15, 0.2) is 42.5 Å². The van der Waals surface area contributed by atoms with Gasteiger partial charge in [-0.1, -0.05) is 31.0 Å². The van der Waals surface area contributed by atoms with Crippen molar-refractivity contribution in [1.82, 2.24) is 10.2 Å². The largest absolute Gasteiger partial charge is 0.497 e. The van der Waals surface area contributed by atoms with Crippen molar-refractivity contribution in [3.8, 4) is 5.75 Å². The Bertz CT molecular complexity index is 1170. The third-order valence-corrected chi connectivity index (χ3v) is 7.98. The van der Waals surface area contributed by atoms with Gasteiger partial charge in [-0.3, -0.25) is 13.9 Å². The highest BCUT2D eigenvalue weighted by atomic mass is 32.2. The van der Waals surface area contributed by atoms with Crippen LogP contribution in [0.2, 0.25) is 0 Å². The molecule has 0 unspecified atom stereocenters. The number of nitrogens with zero attached hydrogens (tertiary/aromatic N) is 2. The number of hydrogen-bond acceptors (Lipinski definition) is 5. The second-order valence-electron chi connectivity index (χ2n) is 9.57. The van der Waals surface area contributed by atoms with Crippen LogP contribution in [0.5, 0.6) is 5.75 Å². The average Bonchev–Trinajstić information content (AvgIpc) is 3.35. The lowest BCUT2D eigenvalue weighted by Gasteiger charge is -2.32. The normalized spacial score (nSPS) is 14.8. The molecule has 1 atom stereocenters. The maximum atomic E-state index is 13.7. The van der Waals surface area contributed by atoms with Gasteiger partial charge in [-0.25, -0.2) is 8.42 Å². The van der Waals surface area contributed by atoms with Gasteiger partial charge in [-0.15, -0.1) is 0 Å². The minimum absolute atomic E-state index is 0.112. The monoisotopic (exact) mass is 515 g/mol.